The maximum atomic E-state index is 11.6. The number of hydrogen-bond donors (Lipinski definition) is 1. The van der Waals surface area contributed by atoms with Crippen LogP contribution in [-0.2, 0) is 11.2 Å². The lowest BCUT2D eigenvalue weighted by atomic mass is 9.92. The molecule has 1 aromatic carbocycles. The van der Waals surface area contributed by atoms with Gasteiger partial charge in [-0.1, -0.05) is 50.6 Å². The summed E-state index contributed by atoms with van der Waals surface area (Å²) in [5.74, 6) is 0.143. The Balaban J connectivity index is 2.28. The van der Waals surface area contributed by atoms with Gasteiger partial charge in [0.2, 0.25) is 5.91 Å². The predicted octanol–water partition coefficient (Wildman–Crippen LogP) is 3.09. The number of rotatable bonds is 4. The highest BCUT2D eigenvalue weighted by molar-refractivity contribution is 5.76. The third kappa shape index (κ3) is 6.10. The van der Waals surface area contributed by atoms with Crippen molar-refractivity contribution in [1.82, 2.24) is 5.32 Å². The Morgan fingerprint density at radius 1 is 1.18 bits per heavy atom. The van der Waals surface area contributed by atoms with Crippen LogP contribution in [0.25, 0.3) is 0 Å². The Hall–Kier alpha value is -1.31. The fraction of sp³-hybridized carbons (Fsp3) is 0.533. The molecule has 0 spiro atoms. The molecule has 0 fully saturated rings. The smallest absolute Gasteiger partial charge is 0.220 e. The molecule has 0 aromatic heterocycles. The number of hydrogen-bond acceptors (Lipinski definition) is 1. The van der Waals surface area contributed by atoms with Crippen LogP contribution in [0.2, 0.25) is 0 Å². The average Bonchev–Trinajstić information content (AvgIpc) is 2.18. The first-order chi connectivity index (χ1) is 7.87. The van der Waals surface area contributed by atoms with Crippen molar-refractivity contribution >= 4 is 5.91 Å². The van der Waals surface area contributed by atoms with E-state index in [1.54, 1.807) is 0 Å². The summed E-state index contributed by atoms with van der Waals surface area (Å²) in [6.07, 6.45) is 1.48. The highest BCUT2D eigenvalue weighted by atomic mass is 16.1. The molecule has 0 aliphatic heterocycles. The van der Waals surface area contributed by atoms with E-state index >= 15 is 0 Å². The first-order valence-electron chi connectivity index (χ1n) is 6.19. The van der Waals surface area contributed by atoms with E-state index in [1.165, 1.54) is 11.1 Å². The average molecular weight is 233 g/mol. The zero-order valence-electron chi connectivity index (χ0n) is 11.3. The summed E-state index contributed by atoms with van der Waals surface area (Å²) in [5, 5.41) is 2.96. The van der Waals surface area contributed by atoms with Crippen LogP contribution in [0.15, 0.2) is 24.3 Å². The standard InChI is InChI=1S/C15H23NO/c1-12-5-7-13(8-6-12)9-10-16-14(17)11-15(2,3)4/h5-8H,9-11H2,1-4H3,(H,16,17). The van der Waals surface area contributed by atoms with Crippen molar-refractivity contribution in [2.24, 2.45) is 5.41 Å². The molecule has 2 heteroatoms. The van der Waals surface area contributed by atoms with E-state index in [-0.39, 0.29) is 11.3 Å². The van der Waals surface area contributed by atoms with Crippen LogP contribution < -0.4 is 5.32 Å². The van der Waals surface area contributed by atoms with Gasteiger partial charge in [0, 0.05) is 13.0 Å². The number of carbonyl (C=O) groups excluding carboxylic acids is 1. The Kier molecular flexibility index (Phi) is 4.73. The molecule has 0 bridgehead atoms. The molecule has 0 saturated carbocycles. The first kappa shape index (κ1) is 13.8. The van der Waals surface area contributed by atoms with E-state index in [0.717, 1.165) is 13.0 Å². The van der Waals surface area contributed by atoms with Crippen molar-refractivity contribution in [3.63, 3.8) is 0 Å². The van der Waals surface area contributed by atoms with Crippen molar-refractivity contribution in [1.29, 1.82) is 0 Å². The van der Waals surface area contributed by atoms with Crippen LogP contribution in [0.3, 0.4) is 0 Å². The molecule has 0 aliphatic carbocycles. The number of carbonyl (C=O) groups is 1. The monoisotopic (exact) mass is 233 g/mol. The van der Waals surface area contributed by atoms with Crippen LogP contribution in [0.5, 0.6) is 0 Å². The molecule has 0 aliphatic rings. The molecule has 94 valence electrons. The van der Waals surface area contributed by atoms with Gasteiger partial charge in [0.25, 0.3) is 0 Å². The molecule has 0 heterocycles. The lowest BCUT2D eigenvalue weighted by Crippen LogP contribution is -2.29. The molecule has 1 rings (SSSR count). The second-order valence-electron chi connectivity index (χ2n) is 5.82. The van der Waals surface area contributed by atoms with Gasteiger partial charge in [0.15, 0.2) is 0 Å². The summed E-state index contributed by atoms with van der Waals surface area (Å²) in [5.41, 5.74) is 2.60. The number of aryl methyl sites for hydroxylation is 1. The van der Waals surface area contributed by atoms with E-state index in [4.69, 9.17) is 0 Å². The minimum atomic E-state index is 0.0634. The number of nitrogens with one attached hydrogen (secondary N) is 1. The maximum Gasteiger partial charge on any atom is 0.220 e. The second kappa shape index (κ2) is 5.85. The van der Waals surface area contributed by atoms with Gasteiger partial charge < -0.3 is 5.32 Å². The van der Waals surface area contributed by atoms with Gasteiger partial charge in [-0.25, -0.2) is 0 Å². The number of amides is 1. The van der Waals surface area contributed by atoms with Gasteiger partial charge >= 0.3 is 0 Å². The second-order valence-corrected chi connectivity index (χ2v) is 5.82. The van der Waals surface area contributed by atoms with Crippen LogP contribution in [0.4, 0.5) is 0 Å². The molecule has 0 saturated heterocycles. The van der Waals surface area contributed by atoms with E-state index in [0.29, 0.717) is 6.42 Å². The van der Waals surface area contributed by atoms with Crippen LogP contribution in [0.1, 0.15) is 38.3 Å². The van der Waals surface area contributed by atoms with Gasteiger partial charge in [-0.15, -0.1) is 0 Å². The first-order valence-corrected chi connectivity index (χ1v) is 6.19. The molecule has 0 atom stereocenters. The molecule has 0 radical (unpaired) electrons. The highest BCUT2D eigenvalue weighted by Crippen LogP contribution is 2.17. The molecular formula is C15H23NO. The van der Waals surface area contributed by atoms with Crippen LogP contribution in [0, 0.1) is 12.3 Å². The molecule has 1 aromatic rings. The molecule has 0 unspecified atom stereocenters. The van der Waals surface area contributed by atoms with Gasteiger partial charge in [0.1, 0.15) is 0 Å². The molecule has 1 amide bonds. The predicted molar refractivity (Wildman–Crippen MR) is 72.0 cm³/mol. The normalized spacial score (nSPS) is 11.3. The fourth-order valence-electron chi connectivity index (χ4n) is 1.65. The third-order valence-electron chi connectivity index (χ3n) is 2.55. The Bertz CT molecular complexity index is 360. The van der Waals surface area contributed by atoms with Gasteiger partial charge in [-0.05, 0) is 24.3 Å². The van der Waals surface area contributed by atoms with E-state index in [1.807, 2.05) is 0 Å². The SMILES string of the molecule is Cc1ccc(CCNC(=O)CC(C)(C)C)cc1. The highest BCUT2D eigenvalue weighted by Gasteiger charge is 2.15. The minimum absolute atomic E-state index is 0.0634. The topological polar surface area (TPSA) is 29.1 Å². The summed E-state index contributed by atoms with van der Waals surface area (Å²) in [6, 6.07) is 8.44. The van der Waals surface area contributed by atoms with Gasteiger partial charge in [-0.3, -0.25) is 4.79 Å². The third-order valence-corrected chi connectivity index (χ3v) is 2.55. The zero-order valence-corrected chi connectivity index (χ0v) is 11.3. The molecule has 17 heavy (non-hydrogen) atoms. The van der Waals surface area contributed by atoms with E-state index in [9.17, 15) is 4.79 Å². The van der Waals surface area contributed by atoms with Crippen molar-refractivity contribution < 1.29 is 4.79 Å². The van der Waals surface area contributed by atoms with Crippen LogP contribution in [-0.4, -0.2) is 12.5 Å². The number of benzene rings is 1. The molecule has 2 nitrogen and oxygen atoms in total. The van der Waals surface area contributed by atoms with Crippen molar-refractivity contribution in [3.05, 3.63) is 35.4 Å². The van der Waals surface area contributed by atoms with Crippen LogP contribution >= 0.6 is 0 Å². The van der Waals surface area contributed by atoms with Crippen molar-refractivity contribution in [2.45, 2.75) is 40.5 Å². The quantitative estimate of drug-likeness (QED) is 0.850. The van der Waals surface area contributed by atoms with E-state index < -0.39 is 0 Å². The fourth-order valence-corrected chi connectivity index (χ4v) is 1.65. The lowest BCUT2D eigenvalue weighted by Gasteiger charge is -2.17. The van der Waals surface area contributed by atoms with Crippen molar-refractivity contribution in [2.75, 3.05) is 6.54 Å². The molecule has 1 N–H and O–H groups in total. The van der Waals surface area contributed by atoms with Crippen molar-refractivity contribution in [3.8, 4) is 0 Å². The Morgan fingerprint density at radius 2 is 1.76 bits per heavy atom. The molecular weight excluding hydrogens is 210 g/mol. The lowest BCUT2D eigenvalue weighted by molar-refractivity contribution is -0.122. The Labute approximate surface area is 104 Å². The van der Waals surface area contributed by atoms with Gasteiger partial charge in [0.05, 0.1) is 0 Å². The summed E-state index contributed by atoms with van der Waals surface area (Å²) in [4.78, 5) is 11.6. The summed E-state index contributed by atoms with van der Waals surface area (Å²) in [7, 11) is 0. The largest absolute Gasteiger partial charge is 0.356 e. The van der Waals surface area contributed by atoms with Gasteiger partial charge in [-0.2, -0.15) is 0 Å². The van der Waals surface area contributed by atoms with E-state index in [2.05, 4.69) is 57.3 Å². The minimum Gasteiger partial charge on any atom is -0.356 e. The zero-order chi connectivity index (χ0) is 12.9. The Morgan fingerprint density at radius 3 is 2.29 bits per heavy atom. The summed E-state index contributed by atoms with van der Waals surface area (Å²) in [6.45, 7) is 9.03. The summed E-state index contributed by atoms with van der Waals surface area (Å²) >= 11 is 0. The summed E-state index contributed by atoms with van der Waals surface area (Å²) < 4.78 is 0. The maximum absolute atomic E-state index is 11.6.